The quantitative estimate of drug-likeness (QED) is 0.498. The zero-order valence-electron chi connectivity index (χ0n) is 9.73. The highest BCUT2D eigenvalue weighted by Gasteiger charge is 2.44. The molecule has 4 amide bonds. The average Bonchev–Trinajstić information content (AvgIpc) is 2.64. The molecule has 3 aliphatic rings. The fourth-order valence-electron chi connectivity index (χ4n) is 2.30. The molecular weight excluding hydrogens is 248 g/mol. The van der Waals surface area contributed by atoms with Gasteiger partial charge >= 0.3 is 0 Å². The Kier molecular flexibility index (Phi) is 2.35. The van der Waals surface area contributed by atoms with Gasteiger partial charge in [0.25, 0.3) is 11.8 Å². The van der Waals surface area contributed by atoms with E-state index < -0.39 is 23.8 Å². The maximum Gasteiger partial charge on any atom is 0.262 e. The van der Waals surface area contributed by atoms with Gasteiger partial charge in [0.1, 0.15) is 6.04 Å². The van der Waals surface area contributed by atoms with E-state index in [1.807, 2.05) is 0 Å². The summed E-state index contributed by atoms with van der Waals surface area (Å²) < 4.78 is 0. The normalized spacial score (nSPS) is 25.3. The number of carbonyl (C=O) groups excluding carboxylic acids is 4. The minimum atomic E-state index is -0.926. The molecule has 2 heterocycles. The first-order valence-electron chi connectivity index (χ1n) is 5.73. The van der Waals surface area contributed by atoms with Gasteiger partial charge in [0.2, 0.25) is 11.8 Å². The van der Waals surface area contributed by atoms with Gasteiger partial charge in [-0.2, -0.15) is 0 Å². The van der Waals surface area contributed by atoms with Gasteiger partial charge in [-0.25, -0.2) is 0 Å². The molecule has 1 fully saturated rings. The topological polar surface area (TPSA) is 83.6 Å². The molecule has 0 aromatic rings. The molecule has 3 rings (SSSR count). The Labute approximate surface area is 107 Å². The van der Waals surface area contributed by atoms with Crippen LogP contribution in [0.5, 0.6) is 0 Å². The second-order valence-electron chi connectivity index (χ2n) is 4.35. The number of nitrogens with zero attached hydrogens (tertiary/aromatic N) is 1. The minimum absolute atomic E-state index is 0.113. The van der Waals surface area contributed by atoms with Crippen molar-refractivity contribution in [3.8, 4) is 0 Å². The first-order chi connectivity index (χ1) is 9.09. The SMILES string of the molecule is O=C1CCC(N2C(=O)C3=C(C=C=C=C3)C2=O)C(=O)N1. The van der Waals surface area contributed by atoms with E-state index in [-0.39, 0.29) is 29.9 Å². The van der Waals surface area contributed by atoms with E-state index in [1.165, 1.54) is 12.2 Å². The highest BCUT2D eigenvalue weighted by molar-refractivity contribution is 6.24. The third-order valence-electron chi connectivity index (χ3n) is 3.23. The summed E-state index contributed by atoms with van der Waals surface area (Å²) in [5.74, 6) is -2.06. The van der Waals surface area contributed by atoms with E-state index in [9.17, 15) is 19.2 Å². The van der Waals surface area contributed by atoms with Crippen LogP contribution in [0.1, 0.15) is 12.8 Å². The van der Waals surface area contributed by atoms with Crippen LogP contribution in [-0.4, -0.2) is 34.6 Å². The third kappa shape index (κ3) is 1.59. The highest BCUT2D eigenvalue weighted by atomic mass is 16.2. The lowest BCUT2D eigenvalue weighted by molar-refractivity contribution is -0.149. The summed E-state index contributed by atoms with van der Waals surface area (Å²) in [5.41, 5.74) is 5.64. The summed E-state index contributed by atoms with van der Waals surface area (Å²) in [7, 11) is 0. The van der Waals surface area contributed by atoms with Gasteiger partial charge in [0.15, 0.2) is 0 Å². The van der Waals surface area contributed by atoms with Crippen LogP contribution in [0.4, 0.5) is 0 Å². The number of piperidine rings is 1. The Balaban J connectivity index is 1.93. The second-order valence-corrected chi connectivity index (χ2v) is 4.35. The maximum atomic E-state index is 12.1. The molecule has 0 bridgehead atoms. The molecule has 1 aliphatic carbocycles. The summed E-state index contributed by atoms with van der Waals surface area (Å²) in [5, 5.41) is 2.13. The van der Waals surface area contributed by atoms with Crippen molar-refractivity contribution in [3.05, 3.63) is 34.8 Å². The smallest absolute Gasteiger partial charge is 0.262 e. The third-order valence-corrected chi connectivity index (χ3v) is 3.23. The van der Waals surface area contributed by atoms with E-state index in [0.29, 0.717) is 0 Å². The number of nitrogens with one attached hydrogen (secondary N) is 1. The van der Waals surface area contributed by atoms with Crippen LogP contribution in [-0.2, 0) is 19.2 Å². The molecule has 1 saturated heterocycles. The van der Waals surface area contributed by atoms with Gasteiger partial charge in [0, 0.05) is 18.6 Å². The second kappa shape index (κ2) is 3.92. The molecule has 0 radical (unpaired) electrons. The van der Waals surface area contributed by atoms with Crippen LogP contribution in [0.3, 0.4) is 0 Å². The molecule has 6 heteroatoms. The van der Waals surface area contributed by atoms with Crippen molar-refractivity contribution in [2.75, 3.05) is 0 Å². The van der Waals surface area contributed by atoms with E-state index in [2.05, 4.69) is 16.8 Å². The van der Waals surface area contributed by atoms with Gasteiger partial charge in [-0.1, -0.05) is 11.5 Å². The van der Waals surface area contributed by atoms with Crippen LogP contribution in [0.25, 0.3) is 0 Å². The van der Waals surface area contributed by atoms with Gasteiger partial charge < -0.3 is 0 Å². The molecule has 6 nitrogen and oxygen atoms in total. The zero-order valence-corrected chi connectivity index (χ0v) is 9.73. The summed E-state index contributed by atoms with van der Waals surface area (Å²) in [6.45, 7) is 0. The van der Waals surface area contributed by atoms with Crippen molar-refractivity contribution in [1.82, 2.24) is 10.2 Å². The molecular formula is C13H8N2O4. The lowest BCUT2D eigenvalue weighted by atomic mass is 10.0. The van der Waals surface area contributed by atoms with Crippen molar-refractivity contribution in [3.63, 3.8) is 0 Å². The highest BCUT2D eigenvalue weighted by Crippen LogP contribution is 2.28. The van der Waals surface area contributed by atoms with Crippen molar-refractivity contribution < 1.29 is 19.2 Å². The average molecular weight is 256 g/mol. The van der Waals surface area contributed by atoms with Gasteiger partial charge in [0.05, 0.1) is 11.1 Å². The Morgan fingerprint density at radius 3 is 2.16 bits per heavy atom. The van der Waals surface area contributed by atoms with Crippen molar-refractivity contribution in [2.45, 2.75) is 18.9 Å². The van der Waals surface area contributed by atoms with Crippen LogP contribution in [0.15, 0.2) is 34.8 Å². The Morgan fingerprint density at radius 1 is 1.05 bits per heavy atom. The number of carbonyl (C=O) groups is 4. The van der Waals surface area contributed by atoms with Gasteiger partial charge in [-0.05, 0) is 6.42 Å². The fraction of sp³-hybridized carbons (Fsp3) is 0.231. The fourth-order valence-corrected chi connectivity index (χ4v) is 2.30. The number of amides is 4. The zero-order chi connectivity index (χ0) is 13.6. The molecule has 1 unspecified atom stereocenters. The first kappa shape index (κ1) is 11.4. The summed E-state index contributed by atoms with van der Waals surface area (Å²) in [4.78, 5) is 48.0. The first-order valence-corrected chi connectivity index (χ1v) is 5.73. The standard InChI is InChI=1S/C13H8N2O4/c16-10-6-5-9(11(17)14-10)15-12(18)7-3-1-2-4-8(7)13(15)19/h3-4,9H,5-6H2,(H,14,16,17). The van der Waals surface area contributed by atoms with Crippen LogP contribution in [0, 0.1) is 0 Å². The molecule has 2 aliphatic heterocycles. The Bertz CT molecular complexity index is 635. The largest absolute Gasteiger partial charge is 0.295 e. The maximum absolute atomic E-state index is 12.1. The van der Waals surface area contributed by atoms with Crippen molar-refractivity contribution in [2.24, 2.45) is 0 Å². The molecule has 94 valence electrons. The van der Waals surface area contributed by atoms with Crippen LogP contribution >= 0.6 is 0 Å². The summed E-state index contributed by atoms with van der Waals surface area (Å²) in [6, 6.07) is -0.926. The molecule has 0 aromatic heterocycles. The molecule has 0 saturated carbocycles. The lowest BCUT2D eigenvalue weighted by Gasteiger charge is -2.28. The predicted octanol–water partition coefficient (Wildman–Crippen LogP) is -0.663. The van der Waals surface area contributed by atoms with Gasteiger partial charge in [-0.15, -0.1) is 0 Å². The van der Waals surface area contributed by atoms with Gasteiger partial charge in [-0.3, -0.25) is 29.4 Å². The number of imide groups is 2. The predicted molar refractivity (Wildman–Crippen MR) is 61.2 cm³/mol. The summed E-state index contributed by atoms with van der Waals surface area (Å²) >= 11 is 0. The summed E-state index contributed by atoms with van der Waals surface area (Å²) in [6.07, 6.45) is 3.02. The molecule has 0 spiro atoms. The van der Waals surface area contributed by atoms with Crippen molar-refractivity contribution >= 4 is 23.6 Å². The molecule has 19 heavy (non-hydrogen) atoms. The Hall–Kier alpha value is -2.68. The number of hydrogen-bond acceptors (Lipinski definition) is 4. The van der Waals surface area contributed by atoms with E-state index in [4.69, 9.17) is 0 Å². The van der Waals surface area contributed by atoms with E-state index >= 15 is 0 Å². The van der Waals surface area contributed by atoms with Crippen LogP contribution < -0.4 is 5.32 Å². The molecule has 1 N–H and O–H groups in total. The molecule has 1 atom stereocenters. The number of rotatable bonds is 1. The Morgan fingerprint density at radius 2 is 1.63 bits per heavy atom. The molecule has 0 aromatic carbocycles. The lowest BCUT2D eigenvalue weighted by Crippen LogP contribution is -2.54. The van der Waals surface area contributed by atoms with Crippen LogP contribution in [0.2, 0.25) is 0 Å². The number of hydrogen-bond donors (Lipinski definition) is 1. The minimum Gasteiger partial charge on any atom is -0.295 e. The van der Waals surface area contributed by atoms with E-state index in [1.54, 1.807) is 0 Å². The van der Waals surface area contributed by atoms with Crippen molar-refractivity contribution in [1.29, 1.82) is 0 Å². The van der Waals surface area contributed by atoms with E-state index in [0.717, 1.165) is 4.90 Å². The monoisotopic (exact) mass is 256 g/mol.